The lowest BCUT2D eigenvalue weighted by atomic mass is 9.75. The summed E-state index contributed by atoms with van der Waals surface area (Å²) in [6.07, 6.45) is 4.61. The number of carbonyl (C=O) groups excluding carboxylic acids is 1. The minimum absolute atomic E-state index is 0.124. The van der Waals surface area contributed by atoms with Crippen LogP contribution in [-0.2, 0) is 0 Å². The van der Waals surface area contributed by atoms with Gasteiger partial charge in [-0.2, -0.15) is 0 Å². The molecule has 1 aliphatic carbocycles. The second-order valence-electron chi connectivity index (χ2n) is 6.05. The third-order valence-corrected chi connectivity index (χ3v) is 6.40. The SMILES string of the molecule is CN(C(=O)c1cc(Br)sc1Br)C1CCC(C)(C)CC1. The number of nitrogens with zero attached hydrogens (tertiary/aromatic N) is 1. The van der Waals surface area contributed by atoms with Crippen molar-refractivity contribution >= 4 is 49.1 Å². The van der Waals surface area contributed by atoms with Gasteiger partial charge >= 0.3 is 0 Å². The van der Waals surface area contributed by atoms with Crippen LogP contribution in [0, 0.1) is 5.41 Å². The van der Waals surface area contributed by atoms with E-state index in [-0.39, 0.29) is 5.91 Å². The fraction of sp³-hybridized carbons (Fsp3) is 0.643. The van der Waals surface area contributed by atoms with Crippen molar-refractivity contribution in [3.63, 3.8) is 0 Å². The van der Waals surface area contributed by atoms with Crippen LogP contribution in [-0.4, -0.2) is 23.9 Å². The summed E-state index contributed by atoms with van der Waals surface area (Å²) in [6.45, 7) is 4.63. The molecule has 106 valence electrons. The summed E-state index contributed by atoms with van der Waals surface area (Å²) in [5, 5.41) is 0. The molecule has 0 atom stereocenters. The van der Waals surface area contributed by atoms with Crippen molar-refractivity contribution in [2.24, 2.45) is 5.41 Å². The van der Waals surface area contributed by atoms with Gasteiger partial charge in [0.2, 0.25) is 0 Å². The van der Waals surface area contributed by atoms with Gasteiger partial charge in [-0.15, -0.1) is 11.3 Å². The lowest BCUT2D eigenvalue weighted by Crippen LogP contribution is -2.40. The van der Waals surface area contributed by atoms with Gasteiger partial charge in [-0.25, -0.2) is 0 Å². The maximum Gasteiger partial charge on any atom is 0.255 e. The van der Waals surface area contributed by atoms with Gasteiger partial charge < -0.3 is 4.90 Å². The monoisotopic (exact) mass is 407 g/mol. The molecule has 1 aromatic heterocycles. The number of halogens is 2. The maximum absolute atomic E-state index is 12.5. The van der Waals surface area contributed by atoms with E-state index in [0.717, 1.165) is 26.0 Å². The Bertz CT molecular complexity index is 474. The van der Waals surface area contributed by atoms with Gasteiger partial charge in [0.1, 0.15) is 0 Å². The van der Waals surface area contributed by atoms with Crippen molar-refractivity contribution in [1.82, 2.24) is 4.90 Å². The molecular formula is C14H19Br2NOS. The van der Waals surface area contributed by atoms with Crippen molar-refractivity contribution < 1.29 is 4.79 Å². The molecule has 0 spiro atoms. The molecule has 1 aromatic rings. The summed E-state index contributed by atoms with van der Waals surface area (Å²) in [6, 6.07) is 2.28. The standard InChI is InChI=1S/C14H19Br2NOS/c1-14(2)6-4-9(5-7-14)17(3)13(18)10-8-11(15)19-12(10)16/h8-9H,4-7H2,1-3H3. The van der Waals surface area contributed by atoms with Crippen molar-refractivity contribution in [1.29, 1.82) is 0 Å². The molecule has 0 N–H and O–H groups in total. The summed E-state index contributed by atoms with van der Waals surface area (Å²) < 4.78 is 1.90. The highest BCUT2D eigenvalue weighted by molar-refractivity contribution is 9.12. The van der Waals surface area contributed by atoms with Crippen LogP contribution >= 0.6 is 43.2 Å². The first kappa shape index (κ1) is 15.5. The second kappa shape index (κ2) is 5.86. The summed E-state index contributed by atoms with van der Waals surface area (Å²) in [5.74, 6) is 0.124. The Morgan fingerprint density at radius 3 is 2.42 bits per heavy atom. The van der Waals surface area contributed by atoms with Crippen LogP contribution < -0.4 is 0 Å². The van der Waals surface area contributed by atoms with Crippen LogP contribution in [0.2, 0.25) is 0 Å². The van der Waals surface area contributed by atoms with E-state index in [1.165, 1.54) is 12.8 Å². The van der Waals surface area contributed by atoms with Crippen LogP contribution in [0.3, 0.4) is 0 Å². The van der Waals surface area contributed by atoms with Crippen LogP contribution in [0.25, 0.3) is 0 Å². The van der Waals surface area contributed by atoms with E-state index in [1.54, 1.807) is 11.3 Å². The zero-order chi connectivity index (χ0) is 14.2. The fourth-order valence-corrected chi connectivity index (χ4v) is 5.39. The molecule has 1 heterocycles. The van der Waals surface area contributed by atoms with E-state index in [2.05, 4.69) is 45.7 Å². The fourth-order valence-electron chi connectivity index (χ4n) is 2.61. The number of hydrogen-bond acceptors (Lipinski definition) is 2. The molecule has 0 aliphatic heterocycles. The first-order chi connectivity index (χ1) is 8.80. The van der Waals surface area contributed by atoms with E-state index in [4.69, 9.17) is 0 Å². The Morgan fingerprint density at radius 1 is 1.37 bits per heavy atom. The third kappa shape index (κ3) is 3.61. The van der Waals surface area contributed by atoms with Crippen molar-refractivity contribution in [3.8, 4) is 0 Å². The summed E-state index contributed by atoms with van der Waals surface area (Å²) >= 11 is 8.45. The first-order valence-corrected chi connectivity index (χ1v) is 8.92. The molecular weight excluding hydrogens is 390 g/mol. The highest BCUT2D eigenvalue weighted by atomic mass is 79.9. The lowest BCUT2D eigenvalue weighted by molar-refractivity contribution is 0.0635. The summed E-state index contributed by atoms with van der Waals surface area (Å²) in [4.78, 5) is 14.4. The minimum atomic E-state index is 0.124. The number of thiophene rings is 1. The molecule has 0 radical (unpaired) electrons. The molecule has 19 heavy (non-hydrogen) atoms. The first-order valence-electron chi connectivity index (χ1n) is 6.52. The van der Waals surface area contributed by atoms with Crippen LogP contribution in [0.4, 0.5) is 0 Å². The molecule has 0 saturated heterocycles. The van der Waals surface area contributed by atoms with E-state index in [1.807, 2.05) is 18.0 Å². The smallest absolute Gasteiger partial charge is 0.255 e. The van der Waals surface area contributed by atoms with Crippen LogP contribution in [0.15, 0.2) is 13.6 Å². The minimum Gasteiger partial charge on any atom is -0.339 e. The lowest BCUT2D eigenvalue weighted by Gasteiger charge is -2.38. The molecule has 0 unspecified atom stereocenters. The molecule has 2 nitrogen and oxygen atoms in total. The van der Waals surface area contributed by atoms with E-state index < -0.39 is 0 Å². The Balaban J connectivity index is 2.06. The van der Waals surface area contributed by atoms with Gasteiger partial charge in [0.25, 0.3) is 5.91 Å². The number of amides is 1. The van der Waals surface area contributed by atoms with E-state index in [9.17, 15) is 4.79 Å². The van der Waals surface area contributed by atoms with E-state index >= 15 is 0 Å². The predicted molar refractivity (Wildman–Crippen MR) is 87.8 cm³/mol. The Kier molecular flexibility index (Phi) is 4.79. The second-order valence-corrected chi connectivity index (χ2v) is 9.80. The molecule has 1 fully saturated rings. The quantitative estimate of drug-likeness (QED) is 0.648. The highest BCUT2D eigenvalue weighted by Crippen LogP contribution is 2.38. The average Bonchev–Trinajstić information content (AvgIpc) is 2.66. The van der Waals surface area contributed by atoms with Crippen LogP contribution in [0.5, 0.6) is 0 Å². The molecule has 5 heteroatoms. The highest BCUT2D eigenvalue weighted by Gasteiger charge is 2.31. The van der Waals surface area contributed by atoms with Crippen LogP contribution in [0.1, 0.15) is 49.9 Å². The third-order valence-electron chi connectivity index (χ3n) is 4.06. The van der Waals surface area contributed by atoms with Gasteiger partial charge in [0.05, 0.1) is 13.1 Å². The summed E-state index contributed by atoms with van der Waals surface area (Å²) in [7, 11) is 1.93. The van der Waals surface area contributed by atoms with Gasteiger partial charge in [0, 0.05) is 13.1 Å². The van der Waals surface area contributed by atoms with Crippen molar-refractivity contribution in [3.05, 3.63) is 19.2 Å². The van der Waals surface area contributed by atoms with Gasteiger partial charge in [-0.3, -0.25) is 4.79 Å². The molecule has 1 amide bonds. The zero-order valence-electron chi connectivity index (χ0n) is 11.5. The zero-order valence-corrected chi connectivity index (χ0v) is 15.5. The Hall–Kier alpha value is 0.130. The van der Waals surface area contributed by atoms with Crippen molar-refractivity contribution in [2.75, 3.05) is 7.05 Å². The summed E-state index contributed by atoms with van der Waals surface area (Å²) in [5.41, 5.74) is 1.20. The number of hydrogen-bond donors (Lipinski definition) is 0. The van der Waals surface area contributed by atoms with E-state index in [0.29, 0.717) is 11.5 Å². The van der Waals surface area contributed by atoms with Gasteiger partial charge in [-0.1, -0.05) is 13.8 Å². The number of rotatable bonds is 2. The van der Waals surface area contributed by atoms with Gasteiger partial charge in [-0.05, 0) is 69.0 Å². The molecule has 1 aliphatic rings. The van der Waals surface area contributed by atoms with Crippen molar-refractivity contribution in [2.45, 2.75) is 45.6 Å². The number of carbonyl (C=O) groups is 1. The Labute approximate surface area is 135 Å². The molecule has 0 aromatic carbocycles. The predicted octanol–water partition coefficient (Wildman–Crippen LogP) is 5.31. The molecule has 1 saturated carbocycles. The largest absolute Gasteiger partial charge is 0.339 e. The maximum atomic E-state index is 12.5. The average molecular weight is 409 g/mol. The Morgan fingerprint density at radius 2 is 1.95 bits per heavy atom. The topological polar surface area (TPSA) is 20.3 Å². The molecule has 0 bridgehead atoms. The normalized spacial score (nSPS) is 19.4. The molecule has 2 rings (SSSR count). The van der Waals surface area contributed by atoms with Gasteiger partial charge in [0.15, 0.2) is 0 Å².